The van der Waals surface area contributed by atoms with E-state index in [0.717, 1.165) is 54.2 Å². The van der Waals surface area contributed by atoms with Crippen LogP contribution >= 0.6 is 0 Å². The van der Waals surface area contributed by atoms with Gasteiger partial charge in [-0.2, -0.15) is 5.26 Å². The minimum absolute atomic E-state index is 0.0448. The van der Waals surface area contributed by atoms with Gasteiger partial charge in [-0.1, -0.05) is 25.7 Å². The Morgan fingerprint density at radius 3 is 2.74 bits per heavy atom. The first-order chi connectivity index (χ1) is 18.2. The lowest BCUT2D eigenvalue weighted by atomic mass is 10.0. The van der Waals surface area contributed by atoms with E-state index in [1.54, 1.807) is 24.4 Å². The van der Waals surface area contributed by atoms with E-state index in [0.29, 0.717) is 36.3 Å². The van der Waals surface area contributed by atoms with Gasteiger partial charge in [0, 0.05) is 75.5 Å². The number of benzene rings is 1. The van der Waals surface area contributed by atoms with E-state index in [-0.39, 0.29) is 17.3 Å². The van der Waals surface area contributed by atoms with Crippen LogP contribution in [0, 0.1) is 17.1 Å². The summed E-state index contributed by atoms with van der Waals surface area (Å²) in [5.41, 5.74) is 3.33. The van der Waals surface area contributed by atoms with Crippen molar-refractivity contribution < 1.29 is 9.13 Å². The number of nitrogens with one attached hydrogen (secondary N) is 1. The van der Waals surface area contributed by atoms with Crippen LogP contribution in [-0.4, -0.2) is 47.2 Å². The first-order valence-electron chi connectivity index (χ1n) is 13.2. The Labute approximate surface area is 222 Å². The Morgan fingerprint density at radius 1 is 1.21 bits per heavy atom. The molecule has 1 N–H and O–H groups in total. The number of likely N-dealkylation sites (tertiary alicyclic amines) is 1. The fourth-order valence-electron chi connectivity index (χ4n) is 5.34. The molecule has 1 aliphatic heterocycles. The number of hydrogen-bond donors (Lipinski definition) is 1. The zero-order chi connectivity index (χ0) is 26.9. The molecule has 0 saturated carbocycles. The number of aromatic nitrogens is 3. The van der Waals surface area contributed by atoms with E-state index in [4.69, 9.17) is 4.74 Å². The highest BCUT2D eigenvalue weighted by Crippen LogP contribution is 2.32. The topological polar surface area (TPSA) is 86.9 Å². The quantitative estimate of drug-likeness (QED) is 0.237. The SMILES string of the molecule is C[Si](C)(C)CCOCc1cc(=O)c2cnc3[nH]ccc3c2n1C1CCN(Cc2c(F)cccc2C#N)CC1. The molecule has 0 bridgehead atoms. The highest BCUT2D eigenvalue weighted by Gasteiger charge is 2.26. The Balaban J connectivity index is 1.45. The van der Waals surface area contributed by atoms with Crippen molar-refractivity contribution in [2.24, 2.45) is 0 Å². The molecule has 0 amide bonds. The van der Waals surface area contributed by atoms with Crippen molar-refractivity contribution in [2.75, 3.05) is 19.7 Å². The molecule has 1 aromatic carbocycles. The molecule has 3 aromatic heterocycles. The molecule has 0 atom stereocenters. The van der Waals surface area contributed by atoms with Crippen LogP contribution < -0.4 is 5.43 Å². The molecular formula is C29H34FN5O2Si. The van der Waals surface area contributed by atoms with Crippen molar-refractivity contribution in [3.8, 4) is 6.07 Å². The van der Waals surface area contributed by atoms with Gasteiger partial charge in [-0.25, -0.2) is 9.37 Å². The van der Waals surface area contributed by atoms with Gasteiger partial charge in [0.25, 0.3) is 0 Å². The van der Waals surface area contributed by atoms with Gasteiger partial charge in [-0.05, 0) is 37.1 Å². The van der Waals surface area contributed by atoms with Gasteiger partial charge in [-0.3, -0.25) is 9.69 Å². The van der Waals surface area contributed by atoms with Gasteiger partial charge in [-0.15, -0.1) is 0 Å². The van der Waals surface area contributed by atoms with Gasteiger partial charge >= 0.3 is 0 Å². The van der Waals surface area contributed by atoms with Crippen LogP contribution in [0.2, 0.25) is 25.7 Å². The van der Waals surface area contributed by atoms with Crippen molar-refractivity contribution in [1.29, 1.82) is 5.26 Å². The average Bonchev–Trinajstić information content (AvgIpc) is 3.37. The van der Waals surface area contributed by atoms with Crippen molar-refractivity contribution in [3.05, 3.63) is 75.6 Å². The number of pyridine rings is 2. The number of nitrogens with zero attached hydrogens (tertiary/aromatic N) is 4. The molecule has 198 valence electrons. The summed E-state index contributed by atoms with van der Waals surface area (Å²) in [4.78, 5) is 23.0. The average molecular weight is 532 g/mol. The number of piperidine rings is 1. The van der Waals surface area contributed by atoms with E-state index < -0.39 is 8.07 Å². The summed E-state index contributed by atoms with van der Waals surface area (Å²) in [6.45, 7) is 9.96. The lowest BCUT2D eigenvalue weighted by molar-refractivity contribution is 0.121. The highest BCUT2D eigenvalue weighted by atomic mass is 28.3. The number of halogens is 1. The van der Waals surface area contributed by atoms with E-state index in [9.17, 15) is 14.4 Å². The van der Waals surface area contributed by atoms with Crippen molar-refractivity contribution in [2.45, 2.75) is 57.7 Å². The highest BCUT2D eigenvalue weighted by molar-refractivity contribution is 6.76. The zero-order valence-corrected chi connectivity index (χ0v) is 23.3. The molecular weight excluding hydrogens is 497 g/mol. The van der Waals surface area contributed by atoms with Crippen LogP contribution in [0.15, 0.2) is 47.5 Å². The number of rotatable bonds is 8. The van der Waals surface area contributed by atoms with Crippen molar-refractivity contribution in [3.63, 3.8) is 0 Å². The lowest BCUT2D eigenvalue weighted by Crippen LogP contribution is -2.36. The van der Waals surface area contributed by atoms with Crippen LogP contribution in [0.4, 0.5) is 4.39 Å². The number of H-pyrrole nitrogens is 1. The first-order valence-corrected chi connectivity index (χ1v) is 16.9. The Hall–Kier alpha value is -3.32. The molecule has 0 radical (unpaired) electrons. The third-order valence-corrected chi connectivity index (χ3v) is 9.17. The van der Waals surface area contributed by atoms with Crippen molar-refractivity contribution >= 4 is 30.0 Å². The van der Waals surface area contributed by atoms with Gasteiger partial charge in [0.2, 0.25) is 0 Å². The fourth-order valence-corrected chi connectivity index (χ4v) is 6.10. The number of fused-ring (bicyclic) bond motifs is 3. The first kappa shape index (κ1) is 26.3. The Morgan fingerprint density at radius 2 is 2.00 bits per heavy atom. The van der Waals surface area contributed by atoms with Crippen LogP contribution in [0.3, 0.4) is 0 Å². The summed E-state index contributed by atoms with van der Waals surface area (Å²) in [6, 6.07) is 11.7. The molecule has 38 heavy (non-hydrogen) atoms. The Kier molecular flexibility index (Phi) is 7.48. The maximum absolute atomic E-state index is 14.5. The second-order valence-corrected chi connectivity index (χ2v) is 17.0. The normalized spacial score (nSPS) is 15.3. The van der Waals surface area contributed by atoms with E-state index in [1.807, 2.05) is 12.3 Å². The van der Waals surface area contributed by atoms with Gasteiger partial charge in [0.05, 0.1) is 29.1 Å². The molecule has 0 unspecified atom stereocenters. The summed E-state index contributed by atoms with van der Waals surface area (Å²) in [6.07, 6.45) is 5.20. The standard InChI is InChI=1S/C29H34FN5O2Si/c1-38(2,3)14-13-37-19-22-15-27(36)24-17-33-29-23(7-10-32-29)28(24)35(22)21-8-11-34(12-9-21)18-25-20(16-31)5-4-6-26(25)30/h4-7,10,15,17,21H,8-9,11-14,18-19H2,1-3H3,(H,32,33). The number of aromatic amines is 1. The maximum Gasteiger partial charge on any atom is 0.191 e. The molecule has 0 aliphatic carbocycles. The molecule has 7 nitrogen and oxygen atoms in total. The predicted molar refractivity (Wildman–Crippen MR) is 150 cm³/mol. The largest absolute Gasteiger partial charge is 0.376 e. The molecule has 4 heterocycles. The molecule has 0 spiro atoms. The minimum Gasteiger partial charge on any atom is -0.376 e. The third-order valence-electron chi connectivity index (χ3n) is 7.46. The predicted octanol–water partition coefficient (Wildman–Crippen LogP) is 5.58. The van der Waals surface area contributed by atoms with Crippen LogP contribution in [0.5, 0.6) is 0 Å². The lowest BCUT2D eigenvalue weighted by Gasteiger charge is -2.35. The zero-order valence-electron chi connectivity index (χ0n) is 22.3. The number of ether oxygens (including phenoxy) is 1. The fraction of sp³-hybridized carbons (Fsp3) is 0.414. The summed E-state index contributed by atoms with van der Waals surface area (Å²) >= 11 is 0. The second kappa shape index (κ2) is 10.8. The molecule has 1 fully saturated rings. The van der Waals surface area contributed by atoms with E-state index in [2.05, 4.69) is 45.1 Å². The molecule has 1 saturated heterocycles. The maximum atomic E-state index is 14.5. The van der Waals surface area contributed by atoms with Gasteiger partial charge in [0.15, 0.2) is 5.43 Å². The minimum atomic E-state index is -1.23. The summed E-state index contributed by atoms with van der Waals surface area (Å²) < 4.78 is 22.9. The molecule has 9 heteroatoms. The van der Waals surface area contributed by atoms with Crippen LogP contribution in [0.1, 0.15) is 35.7 Å². The van der Waals surface area contributed by atoms with E-state index >= 15 is 0 Å². The van der Waals surface area contributed by atoms with E-state index in [1.165, 1.54) is 6.07 Å². The summed E-state index contributed by atoms with van der Waals surface area (Å²) in [7, 11) is -1.23. The van der Waals surface area contributed by atoms with Crippen LogP contribution in [-0.2, 0) is 17.9 Å². The summed E-state index contributed by atoms with van der Waals surface area (Å²) in [5, 5.41) is 11.0. The Bertz CT molecular complexity index is 1560. The molecule has 5 rings (SSSR count). The summed E-state index contributed by atoms with van der Waals surface area (Å²) in [5.74, 6) is -0.335. The number of hydrogen-bond acceptors (Lipinski definition) is 5. The number of nitriles is 1. The smallest absolute Gasteiger partial charge is 0.191 e. The van der Waals surface area contributed by atoms with Gasteiger partial charge in [0.1, 0.15) is 11.5 Å². The molecule has 4 aromatic rings. The van der Waals surface area contributed by atoms with Crippen LogP contribution in [0.25, 0.3) is 21.9 Å². The molecule has 1 aliphatic rings. The van der Waals surface area contributed by atoms with Gasteiger partial charge < -0.3 is 14.3 Å². The van der Waals surface area contributed by atoms with Crippen molar-refractivity contribution in [1.82, 2.24) is 19.4 Å². The monoisotopic (exact) mass is 531 g/mol. The third kappa shape index (κ3) is 5.43. The second-order valence-electron chi connectivity index (χ2n) is 11.4.